The van der Waals surface area contributed by atoms with Gasteiger partial charge in [0.2, 0.25) is 0 Å². The van der Waals surface area contributed by atoms with Crippen LogP contribution in [0.4, 0.5) is 0 Å². The molecule has 0 aromatic heterocycles. The van der Waals surface area contributed by atoms with Gasteiger partial charge in [-0.05, 0) is 37.6 Å². The Morgan fingerprint density at radius 1 is 1.44 bits per heavy atom. The van der Waals surface area contributed by atoms with Crippen molar-refractivity contribution in [3.05, 3.63) is 28.8 Å². The number of hydrogen-bond donors (Lipinski definition) is 1. The number of halogens is 1. The second-order valence-electron chi connectivity index (χ2n) is 4.21. The number of methoxy groups -OCH3 is 1. The molecule has 0 saturated carbocycles. The lowest BCUT2D eigenvalue weighted by molar-refractivity contribution is 0.218. The maximum atomic E-state index is 6.30. The van der Waals surface area contributed by atoms with Crippen molar-refractivity contribution in [1.29, 1.82) is 0 Å². The van der Waals surface area contributed by atoms with Gasteiger partial charge in [0, 0.05) is 23.8 Å². The molecule has 0 bridgehead atoms. The van der Waals surface area contributed by atoms with E-state index in [1.807, 2.05) is 0 Å². The fourth-order valence-electron chi connectivity index (χ4n) is 1.62. The summed E-state index contributed by atoms with van der Waals surface area (Å²) in [5.41, 5.74) is 1.24. The Labute approximate surface area is 119 Å². The van der Waals surface area contributed by atoms with Gasteiger partial charge in [0.1, 0.15) is 0 Å². The molecule has 1 atom stereocenters. The molecule has 1 aromatic carbocycles. The van der Waals surface area contributed by atoms with Crippen molar-refractivity contribution in [2.75, 3.05) is 26.0 Å². The normalized spacial score (nSPS) is 12.7. The number of nitrogens with one attached hydrogen (secondary N) is 1. The first kappa shape index (κ1) is 15.8. The van der Waals surface area contributed by atoms with Crippen molar-refractivity contribution < 1.29 is 4.74 Å². The molecule has 0 aliphatic heterocycles. The van der Waals surface area contributed by atoms with Crippen molar-refractivity contribution in [1.82, 2.24) is 5.32 Å². The lowest BCUT2D eigenvalue weighted by atomic mass is 10.1. The molecule has 4 heteroatoms. The van der Waals surface area contributed by atoms with Crippen LogP contribution in [-0.2, 0) is 4.74 Å². The van der Waals surface area contributed by atoms with Gasteiger partial charge in [0.05, 0.1) is 11.6 Å². The minimum Gasteiger partial charge on any atom is -0.384 e. The first-order valence-corrected chi connectivity index (χ1v) is 7.70. The molecule has 1 unspecified atom stereocenters. The van der Waals surface area contributed by atoms with Crippen LogP contribution in [0.2, 0.25) is 5.02 Å². The molecular formula is C14H22ClNOS. The van der Waals surface area contributed by atoms with E-state index >= 15 is 0 Å². The largest absolute Gasteiger partial charge is 0.384 e. The van der Waals surface area contributed by atoms with Gasteiger partial charge >= 0.3 is 0 Å². The highest BCUT2D eigenvalue weighted by molar-refractivity contribution is 7.99. The van der Waals surface area contributed by atoms with E-state index in [1.54, 1.807) is 18.9 Å². The van der Waals surface area contributed by atoms with Crippen LogP contribution in [0.5, 0.6) is 0 Å². The summed E-state index contributed by atoms with van der Waals surface area (Å²) in [4.78, 5) is 1.13. The minimum absolute atomic E-state index is 0.348. The maximum Gasteiger partial charge on any atom is 0.0556 e. The smallest absolute Gasteiger partial charge is 0.0556 e. The molecule has 0 aliphatic rings. The first-order valence-electron chi connectivity index (χ1n) is 6.33. The van der Waals surface area contributed by atoms with E-state index in [1.165, 1.54) is 5.56 Å². The number of rotatable bonds is 8. The highest BCUT2D eigenvalue weighted by Gasteiger charge is 2.07. The van der Waals surface area contributed by atoms with Gasteiger partial charge in [0.15, 0.2) is 0 Å². The Balaban J connectivity index is 2.60. The summed E-state index contributed by atoms with van der Waals surface area (Å²) in [6.45, 7) is 6.11. The Bertz CT molecular complexity index is 360. The molecule has 0 amide bonds. The van der Waals surface area contributed by atoms with E-state index in [4.69, 9.17) is 16.3 Å². The average Bonchev–Trinajstić information content (AvgIpc) is 2.38. The molecule has 1 rings (SSSR count). The van der Waals surface area contributed by atoms with Crippen LogP contribution in [0.25, 0.3) is 0 Å². The summed E-state index contributed by atoms with van der Waals surface area (Å²) in [7, 11) is 1.71. The Hall–Kier alpha value is -0.220. The molecule has 18 heavy (non-hydrogen) atoms. The number of benzene rings is 1. The Morgan fingerprint density at radius 2 is 2.22 bits per heavy atom. The third kappa shape index (κ3) is 5.19. The Kier molecular flexibility index (Phi) is 7.75. The lowest BCUT2D eigenvalue weighted by Gasteiger charge is -2.15. The molecular weight excluding hydrogens is 266 g/mol. The summed E-state index contributed by atoms with van der Waals surface area (Å²) in [5, 5.41) is 4.29. The van der Waals surface area contributed by atoms with Crippen molar-refractivity contribution in [3.63, 3.8) is 0 Å². The quantitative estimate of drug-likeness (QED) is 0.573. The molecule has 0 saturated heterocycles. The van der Waals surface area contributed by atoms with Crippen LogP contribution >= 0.6 is 23.4 Å². The van der Waals surface area contributed by atoms with E-state index in [-0.39, 0.29) is 0 Å². The van der Waals surface area contributed by atoms with Crippen LogP contribution in [-0.4, -0.2) is 26.0 Å². The van der Waals surface area contributed by atoms with E-state index < -0.39 is 0 Å². The second kappa shape index (κ2) is 8.81. The number of thioether (sulfide) groups is 1. The third-order valence-electron chi connectivity index (χ3n) is 2.70. The zero-order chi connectivity index (χ0) is 13.4. The van der Waals surface area contributed by atoms with Gasteiger partial charge in [0.25, 0.3) is 0 Å². The van der Waals surface area contributed by atoms with E-state index in [0.29, 0.717) is 6.04 Å². The van der Waals surface area contributed by atoms with Crippen molar-refractivity contribution in [3.8, 4) is 0 Å². The summed E-state index contributed by atoms with van der Waals surface area (Å²) in [6.07, 6.45) is 1.14. The van der Waals surface area contributed by atoms with Crippen LogP contribution in [0.3, 0.4) is 0 Å². The molecule has 0 fully saturated rings. The standard InChI is InChI=1S/C14H22ClNOS/c1-4-7-16-11(2)12-5-6-14(13(15)10-12)18-9-8-17-3/h5-6,10-11,16H,4,7-9H2,1-3H3. The fraction of sp³-hybridized carbons (Fsp3) is 0.571. The van der Waals surface area contributed by atoms with Gasteiger partial charge in [-0.3, -0.25) is 0 Å². The topological polar surface area (TPSA) is 21.3 Å². The number of hydrogen-bond acceptors (Lipinski definition) is 3. The van der Waals surface area contributed by atoms with E-state index in [2.05, 4.69) is 37.4 Å². The zero-order valence-electron chi connectivity index (χ0n) is 11.3. The zero-order valence-corrected chi connectivity index (χ0v) is 12.9. The third-order valence-corrected chi connectivity index (χ3v) is 4.16. The van der Waals surface area contributed by atoms with Gasteiger partial charge in [-0.15, -0.1) is 11.8 Å². The molecule has 0 radical (unpaired) electrons. The monoisotopic (exact) mass is 287 g/mol. The average molecular weight is 288 g/mol. The van der Waals surface area contributed by atoms with Crippen LogP contribution in [0.15, 0.2) is 23.1 Å². The molecule has 0 aliphatic carbocycles. The molecule has 0 heterocycles. The predicted molar refractivity (Wildman–Crippen MR) is 80.8 cm³/mol. The Morgan fingerprint density at radius 3 is 2.83 bits per heavy atom. The van der Waals surface area contributed by atoms with Crippen LogP contribution in [0, 0.1) is 0 Å². The van der Waals surface area contributed by atoms with Gasteiger partial charge in [-0.1, -0.05) is 24.6 Å². The van der Waals surface area contributed by atoms with Gasteiger partial charge in [-0.25, -0.2) is 0 Å². The molecule has 0 spiro atoms. The van der Waals surface area contributed by atoms with Crippen LogP contribution < -0.4 is 5.32 Å². The maximum absolute atomic E-state index is 6.30. The summed E-state index contributed by atoms with van der Waals surface area (Å²) < 4.78 is 5.04. The highest BCUT2D eigenvalue weighted by Crippen LogP contribution is 2.29. The SMILES string of the molecule is CCCNC(C)c1ccc(SCCOC)c(Cl)c1. The lowest BCUT2D eigenvalue weighted by Crippen LogP contribution is -2.19. The molecule has 102 valence electrons. The van der Waals surface area contributed by atoms with Gasteiger partial charge in [-0.2, -0.15) is 0 Å². The van der Waals surface area contributed by atoms with E-state index in [9.17, 15) is 0 Å². The van der Waals surface area contributed by atoms with Crippen LogP contribution in [0.1, 0.15) is 31.9 Å². The summed E-state index contributed by atoms with van der Waals surface area (Å²) in [5.74, 6) is 0.930. The van der Waals surface area contributed by atoms with E-state index in [0.717, 1.165) is 35.2 Å². The minimum atomic E-state index is 0.348. The van der Waals surface area contributed by atoms with Gasteiger partial charge < -0.3 is 10.1 Å². The summed E-state index contributed by atoms with van der Waals surface area (Å²) in [6, 6.07) is 6.65. The second-order valence-corrected chi connectivity index (χ2v) is 5.75. The summed E-state index contributed by atoms with van der Waals surface area (Å²) >= 11 is 8.03. The first-order chi connectivity index (χ1) is 8.69. The van der Waals surface area contributed by atoms with Crippen molar-refractivity contribution in [2.24, 2.45) is 0 Å². The molecule has 1 aromatic rings. The molecule has 1 N–H and O–H groups in total. The highest BCUT2D eigenvalue weighted by atomic mass is 35.5. The van der Waals surface area contributed by atoms with Crippen molar-refractivity contribution >= 4 is 23.4 Å². The number of ether oxygens (including phenoxy) is 1. The predicted octanol–water partition coefficient (Wildman–Crippen LogP) is 4.14. The fourth-order valence-corrected chi connectivity index (χ4v) is 2.80. The molecule has 2 nitrogen and oxygen atoms in total. The van der Waals surface area contributed by atoms with Crippen molar-refractivity contribution in [2.45, 2.75) is 31.2 Å².